The highest BCUT2D eigenvalue weighted by molar-refractivity contribution is 7.92. The highest BCUT2D eigenvalue weighted by Gasteiger charge is 2.31. The summed E-state index contributed by atoms with van der Waals surface area (Å²) < 4.78 is 53.0. The van der Waals surface area contributed by atoms with Crippen molar-refractivity contribution in [2.75, 3.05) is 37.4 Å². The molecule has 0 saturated carbocycles. The van der Waals surface area contributed by atoms with Crippen molar-refractivity contribution in [3.63, 3.8) is 0 Å². The number of hydrogen-bond acceptors (Lipinski definition) is 9. The van der Waals surface area contributed by atoms with Crippen LogP contribution in [0.15, 0.2) is 17.2 Å². The first-order valence-electron chi connectivity index (χ1n) is 11.6. The van der Waals surface area contributed by atoms with Crippen molar-refractivity contribution >= 4 is 15.7 Å². The predicted molar refractivity (Wildman–Crippen MR) is 126 cm³/mol. The number of ether oxygens (including phenoxy) is 2. The molecular weight excluding hydrogens is 481 g/mol. The fraction of sp³-hybridized carbons (Fsp3) is 0.636. The maximum absolute atomic E-state index is 13.6. The van der Waals surface area contributed by atoms with E-state index in [2.05, 4.69) is 19.7 Å². The number of methoxy groups -OCH3 is 1. The average molecular weight is 514 g/mol. The summed E-state index contributed by atoms with van der Waals surface area (Å²) >= 11 is 0. The van der Waals surface area contributed by atoms with Crippen LogP contribution in [0.1, 0.15) is 50.3 Å². The molecule has 0 aliphatic carbocycles. The maximum atomic E-state index is 13.6. The van der Waals surface area contributed by atoms with Gasteiger partial charge in [0.1, 0.15) is 11.6 Å². The van der Waals surface area contributed by atoms with Gasteiger partial charge in [-0.05, 0) is 25.2 Å². The first-order valence-corrected chi connectivity index (χ1v) is 13.3. The quantitative estimate of drug-likeness (QED) is 0.434. The molecule has 1 atom stereocenters. The first-order chi connectivity index (χ1) is 16.8. The number of aromatic nitrogens is 4. The molecule has 1 saturated heterocycles. The van der Waals surface area contributed by atoms with Crippen molar-refractivity contribution in [3.8, 4) is 5.88 Å². The second-order valence-corrected chi connectivity index (χ2v) is 10.3. The molecule has 2 aromatic rings. The lowest BCUT2D eigenvalue weighted by molar-refractivity contribution is 0.0272. The van der Waals surface area contributed by atoms with Gasteiger partial charge in [-0.15, -0.1) is 0 Å². The summed E-state index contributed by atoms with van der Waals surface area (Å²) in [6.07, 6.45) is 5.24. The number of unbranched alkanes of at least 4 members (excludes halogenated alkanes) is 1. The van der Waals surface area contributed by atoms with E-state index >= 15 is 0 Å². The third-order valence-corrected chi connectivity index (χ3v) is 7.18. The van der Waals surface area contributed by atoms with Crippen molar-refractivity contribution < 1.29 is 27.4 Å². The van der Waals surface area contributed by atoms with E-state index in [0.717, 1.165) is 25.2 Å². The van der Waals surface area contributed by atoms with Crippen LogP contribution in [0.25, 0.3) is 0 Å². The van der Waals surface area contributed by atoms with Gasteiger partial charge in [-0.25, -0.2) is 22.8 Å². The zero-order valence-electron chi connectivity index (χ0n) is 19.9. The molecule has 0 amide bonds. The number of halogens is 1. The van der Waals surface area contributed by atoms with Gasteiger partial charge in [0.2, 0.25) is 15.9 Å². The molecule has 1 aliphatic rings. The monoisotopic (exact) mass is 513 g/mol. The Hall–Kier alpha value is -2.64. The van der Waals surface area contributed by atoms with Gasteiger partial charge < -0.3 is 14.6 Å². The smallest absolute Gasteiger partial charge is 0.282 e. The molecule has 3 heterocycles. The second-order valence-electron chi connectivity index (χ2n) is 8.47. The molecule has 1 aliphatic heterocycles. The molecule has 194 valence electrons. The molecule has 3 rings (SSSR count). The standard InChI is InChI=1S/C22H32FN5O6S/c1-3-4-5-19-26-21(29)20(27-35(31,32)11-8-18-24-12-16(23)13-25-18)22(30)28(19)17(14-33-2)15-6-9-34-10-7-15/h12-13,15,17,27,29H,3-11,14H2,1-2H3/t17-/m1/s1. The molecule has 0 spiro atoms. The van der Waals surface area contributed by atoms with Crippen LogP contribution in [-0.4, -0.2) is 65.7 Å². The molecule has 35 heavy (non-hydrogen) atoms. The van der Waals surface area contributed by atoms with Gasteiger partial charge in [0.05, 0.1) is 30.8 Å². The molecular formula is C22H32FN5O6S. The Morgan fingerprint density at radius 3 is 2.60 bits per heavy atom. The van der Waals surface area contributed by atoms with Crippen LogP contribution in [0.5, 0.6) is 5.88 Å². The van der Waals surface area contributed by atoms with Gasteiger partial charge in [-0.3, -0.25) is 14.1 Å². The van der Waals surface area contributed by atoms with Gasteiger partial charge in [0, 0.05) is 33.2 Å². The Morgan fingerprint density at radius 2 is 1.97 bits per heavy atom. The number of aryl methyl sites for hydroxylation is 2. The van der Waals surface area contributed by atoms with E-state index in [-0.39, 0.29) is 24.8 Å². The molecule has 0 unspecified atom stereocenters. The summed E-state index contributed by atoms with van der Waals surface area (Å²) in [5, 5.41) is 10.5. The minimum atomic E-state index is -4.09. The summed E-state index contributed by atoms with van der Waals surface area (Å²) in [5.74, 6) is -1.21. The van der Waals surface area contributed by atoms with Gasteiger partial charge in [-0.1, -0.05) is 13.3 Å². The number of nitrogens with one attached hydrogen (secondary N) is 1. The van der Waals surface area contributed by atoms with Gasteiger partial charge in [0.25, 0.3) is 5.56 Å². The Labute approximate surface area is 203 Å². The van der Waals surface area contributed by atoms with Crippen molar-refractivity contribution in [1.82, 2.24) is 19.5 Å². The SMILES string of the molecule is CCCCc1nc(O)c(NS(=O)(=O)CCc2ncc(F)cn2)c(=O)n1[C@H](COC)C1CCOCC1. The lowest BCUT2D eigenvalue weighted by Crippen LogP contribution is -2.39. The molecule has 2 aromatic heterocycles. The van der Waals surface area contributed by atoms with Crippen LogP contribution in [0.3, 0.4) is 0 Å². The van der Waals surface area contributed by atoms with E-state index in [0.29, 0.717) is 38.3 Å². The highest BCUT2D eigenvalue weighted by Crippen LogP contribution is 2.30. The fourth-order valence-electron chi connectivity index (χ4n) is 4.10. The normalized spacial score (nSPS) is 15.7. The third-order valence-electron chi connectivity index (χ3n) is 5.93. The summed E-state index contributed by atoms with van der Waals surface area (Å²) in [5.41, 5.74) is -1.20. The Balaban J connectivity index is 1.94. The minimum absolute atomic E-state index is 0.0631. The predicted octanol–water partition coefficient (Wildman–Crippen LogP) is 1.82. The van der Waals surface area contributed by atoms with Crippen LogP contribution in [0.2, 0.25) is 0 Å². The number of nitrogens with zero attached hydrogens (tertiary/aromatic N) is 4. The molecule has 2 N–H and O–H groups in total. The number of anilines is 1. The summed E-state index contributed by atoms with van der Waals surface area (Å²) in [6, 6.07) is -0.396. The molecule has 13 heteroatoms. The van der Waals surface area contributed by atoms with Crippen molar-refractivity contribution in [2.45, 2.75) is 51.5 Å². The zero-order valence-corrected chi connectivity index (χ0v) is 20.8. The van der Waals surface area contributed by atoms with E-state index in [4.69, 9.17) is 9.47 Å². The average Bonchev–Trinajstić information content (AvgIpc) is 2.84. The van der Waals surface area contributed by atoms with Gasteiger partial charge in [0.15, 0.2) is 11.5 Å². The lowest BCUT2D eigenvalue weighted by Gasteiger charge is -2.32. The summed E-state index contributed by atoms with van der Waals surface area (Å²) in [7, 11) is -2.55. The van der Waals surface area contributed by atoms with E-state index in [1.165, 1.54) is 11.7 Å². The topological polar surface area (TPSA) is 146 Å². The molecule has 0 radical (unpaired) electrons. The van der Waals surface area contributed by atoms with Crippen LogP contribution in [0.4, 0.5) is 10.1 Å². The van der Waals surface area contributed by atoms with E-state index in [9.17, 15) is 22.7 Å². The number of aromatic hydroxyl groups is 1. The molecule has 0 aromatic carbocycles. The van der Waals surface area contributed by atoms with Crippen molar-refractivity contribution in [3.05, 3.63) is 40.2 Å². The fourth-order valence-corrected chi connectivity index (χ4v) is 5.14. The number of rotatable bonds is 12. The van der Waals surface area contributed by atoms with Crippen LogP contribution in [-0.2, 0) is 32.3 Å². The lowest BCUT2D eigenvalue weighted by atomic mass is 9.91. The minimum Gasteiger partial charge on any atom is -0.492 e. The summed E-state index contributed by atoms with van der Waals surface area (Å²) in [6.45, 7) is 3.34. The van der Waals surface area contributed by atoms with Crippen LogP contribution < -0.4 is 10.3 Å². The maximum Gasteiger partial charge on any atom is 0.282 e. The highest BCUT2D eigenvalue weighted by atomic mass is 32.2. The second kappa shape index (κ2) is 12.4. The Bertz CT molecular complexity index is 1140. The third kappa shape index (κ3) is 7.18. The molecule has 1 fully saturated rings. The van der Waals surface area contributed by atoms with E-state index in [1.54, 1.807) is 0 Å². The Morgan fingerprint density at radius 1 is 1.29 bits per heavy atom. The van der Waals surface area contributed by atoms with Gasteiger partial charge in [-0.2, -0.15) is 4.98 Å². The number of hydrogen-bond donors (Lipinski definition) is 2. The number of sulfonamides is 1. The molecule has 0 bridgehead atoms. The van der Waals surface area contributed by atoms with Crippen LogP contribution >= 0.6 is 0 Å². The van der Waals surface area contributed by atoms with E-state index < -0.39 is 44.8 Å². The summed E-state index contributed by atoms with van der Waals surface area (Å²) in [4.78, 5) is 25.3. The van der Waals surface area contributed by atoms with Gasteiger partial charge >= 0.3 is 0 Å². The van der Waals surface area contributed by atoms with Crippen molar-refractivity contribution in [1.29, 1.82) is 0 Å². The van der Waals surface area contributed by atoms with E-state index in [1.807, 2.05) is 6.92 Å². The van der Waals surface area contributed by atoms with Crippen LogP contribution in [0, 0.1) is 11.7 Å². The largest absolute Gasteiger partial charge is 0.492 e. The molecule has 11 nitrogen and oxygen atoms in total. The first kappa shape index (κ1) is 27.0. The Kier molecular flexibility index (Phi) is 9.52. The van der Waals surface area contributed by atoms with Crippen molar-refractivity contribution in [2.24, 2.45) is 5.92 Å². The zero-order chi connectivity index (χ0) is 25.4.